The third-order valence-electron chi connectivity index (χ3n) is 3.70. The fourth-order valence-electron chi connectivity index (χ4n) is 2.52. The molecule has 0 spiro atoms. The van der Waals surface area contributed by atoms with Gasteiger partial charge in [0.05, 0.1) is 12.8 Å². The minimum Gasteiger partial charge on any atom is -0.497 e. The molecule has 0 aliphatic heterocycles. The number of rotatable bonds is 5. The summed E-state index contributed by atoms with van der Waals surface area (Å²) in [6.45, 7) is 6.88. The second-order valence-electron chi connectivity index (χ2n) is 6.45. The van der Waals surface area contributed by atoms with Crippen LogP contribution in [0, 0.1) is 0 Å². The van der Waals surface area contributed by atoms with E-state index in [0.29, 0.717) is 13.0 Å². The molecule has 0 bridgehead atoms. The molecule has 0 aliphatic rings. The van der Waals surface area contributed by atoms with E-state index in [4.69, 9.17) is 10.5 Å². The third-order valence-corrected chi connectivity index (χ3v) is 3.70. The molecule has 0 atom stereocenters. The van der Waals surface area contributed by atoms with Gasteiger partial charge in [0.2, 0.25) is 0 Å². The number of H-pyrrole nitrogens is 1. The van der Waals surface area contributed by atoms with Gasteiger partial charge in [-0.3, -0.25) is 9.89 Å². The van der Waals surface area contributed by atoms with Crippen molar-refractivity contribution in [2.45, 2.75) is 39.0 Å². The number of nitrogens with one attached hydrogen (secondary N) is 1. The van der Waals surface area contributed by atoms with Crippen molar-refractivity contribution in [1.29, 1.82) is 0 Å². The fourth-order valence-corrected chi connectivity index (χ4v) is 2.52. The van der Waals surface area contributed by atoms with E-state index in [0.717, 1.165) is 29.1 Å². The Kier molecular flexibility index (Phi) is 4.76. The molecule has 0 saturated carbocycles. The van der Waals surface area contributed by atoms with Gasteiger partial charge < -0.3 is 10.5 Å². The van der Waals surface area contributed by atoms with Crippen LogP contribution in [0.3, 0.4) is 0 Å². The molecule has 0 unspecified atom stereocenters. The summed E-state index contributed by atoms with van der Waals surface area (Å²) in [5.74, 6) is 0.766. The Morgan fingerprint density at radius 2 is 1.86 bits per heavy atom. The van der Waals surface area contributed by atoms with E-state index in [1.54, 1.807) is 11.8 Å². The molecule has 5 heteroatoms. The lowest BCUT2D eigenvalue weighted by Crippen LogP contribution is -2.19. The van der Waals surface area contributed by atoms with Gasteiger partial charge in [-0.25, -0.2) is 4.68 Å². The molecule has 0 amide bonds. The summed E-state index contributed by atoms with van der Waals surface area (Å²) in [7, 11) is 1.62. The molecule has 120 valence electrons. The first-order valence-electron chi connectivity index (χ1n) is 7.57. The number of nitrogens with zero attached hydrogens (tertiary/aromatic N) is 1. The predicted molar refractivity (Wildman–Crippen MR) is 89.0 cm³/mol. The first-order valence-corrected chi connectivity index (χ1v) is 7.57. The molecule has 3 N–H and O–H groups in total. The van der Waals surface area contributed by atoms with Gasteiger partial charge in [0.25, 0.3) is 5.56 Å². The molecule has 2 aromatic rings. The summed E-state index contributed by atoms with van der Waals surface area (Å²) in [5.41, 5.74) is 8.08. The molecule has 0 aliphatic carbocycles. The van der Waals surface area contributed by atoms with Crippen LogP contribution in [0.25, 0.3) is 5.69 Å². The van der Waals surface area contributed by atoms with Gasteiger partial charge in [-0.1, -0.05) is 20.8 Å². The van der Waals surface area contributed by atoms with Gasteiger partial charge >= 0.3 is 0 Å². The number of benzene rings is 1. The van der Waals surface area contributed by atoms with Crippen molar-refractivity contribution in [2.24, 2.45) is 5.73 Å². The monoisotopic (exact) mass is 303 g/mol. The SMILES string of the molecule is COc1ccc(-n2[nH]c(C(C)(C)C)c(CCCN)c2=O)cc1. The van der Waals surface area contributed by atoms with Crippen molar-refractivity contribution < 1.29 is 4.74 Å². The highest BCUT2D eigenvalue weighted by atomic mass is 16.5. The maximum atomic E-state index is 12.8. The summed E-state index contributed by atoms with van der Waals surface area (Å²) in [5, 5.41) is 3.28. The third kappa shape index (κ3) is 3.25. The number of aromatic nitrogens is 2. The Morgan fingerprint density at radius 3 is 2.36 bits per heavy atom. The van der Waals surface area contributed by atoms with E-state index in [1.165, 1.54) is 0 Å². The van der Waals surface area contributed by atoms with Gasteiger partial charge in [-0.2, -0.15) is 0 Å². The van der Waals surface area contributed by atoms with Gasteiger partial charge in [0.1, 0.15) is 5.75 Å². The number of hydrogen-bond acceptors (Lipinski definition) is 3. The molecule has 5 nitrogen and oxygen atoms in total. The lowest BCUT2D eigenvalue weighted by Gasteiger charge is -2.18. The maximum absolute atomic E-state index is 12.8. The van der Waals surface area contributed by atoms with Crippen LogP contribution in [0.4, 0.5) is 0 Å². The fraction of sp³-hybridized carbons (Fsp3) is 0.471. The number of aromatic amines is 1. The average molecular weight is 303 g/mol. The summed E-state index contributed by atoms with van der Waals surface area (Å²) in [6, 6.07) is 7.43. The first kappa shape index (κ1) is 16.4. The molecule has 0 radical (unpaired) electrons. The standard InChI is InChI=1S/C17H25N3O2/c1-17(2,3)15-14(6-5-11-18)16(21)20(19-15)12-7-9-13(22-4)10-8-12/h7-10,19H,5-6,11,18H2,1-4H3. The minimum absolute atomic E-state index is 0.00328. The predicted octanol–water partition coefficient (Wildman–Crippen LogP) is 2.36. The van der Waals surface area contributed by atoms with Gasteiger partial charge in [0, 0.05) is 16.7 Å². The van der Waals surface area contributed by atoms with Crippen LogP contribution in [0.5, 0.6) is 5.75 Å². The molecule has 22 heavy (non-hydrogen) atoms. The van der Waals surface area contributed by atoms with Crippen LogP contribution in [0.2, 0.25) is 0 Å². The van der Waals surface area contributed by atoms with Crippen molar-refractivity contribution in [2.75, 3.05) is 13.7 Å². The minimum atomic E-state index is -0.124. The Balaban J connectivity index is 2.52. The van der Waals surface area contributed by atoms with E-state index >= 15 is 0 Å². The van der Waals surface area contributed by atoms with Crippen LogP contribution >= 0.6 is 0 Å². The summed E-state index contributed by atoms with van der Waals surface area (Å²) in [4.78, 5) is 12.8. The van der Waals surface area contributed by atoms with Crippen molar-refractivity contribution in [3.05, 3.63) is 45.9 Å². The lowest BCUT2D eigenvalue weighted by atomic mass is 9.88. The molecule has 0 saturated heterocycles. The zero-order valence-corrected chi connectivity index (χ0v) is 13.8. The molecule has 1 aromatic carbocycles. The molecular weight excluding hydrogens is 278 g/mol. The van der Waals surface area contributed by atoms with Crippen molar-refractivity contribution in [3.63, 3.8) is 0 Å². The number of nitrogens with two attached hydrogens (primary N) is 1. The summed E-state index contributed by atoms with van der Waals surface area (Å²) < 4.78 is 6.76. The quantitative estimate of drug-likeness (QED) is 0.890. The van der Waals surface area contributed by atoms with Gasteiger partial charge in [-0.05, 0) is 43.7 Å². The van der Waals surface area contributed by atoms with Crippen molar-refractivity contribution >= 4 is 0 Å². The largest absolute Gasteiger partial charge is 0.497 e. The zero-order valence-electron chi connectivity index (χ0n) is 13.8. The molecular formula is C17H25N3O2. The van der Waals surface area contributed by atoms with E-state index in [1.807, 2.05) is 24.3 Å². The van der Waals surface area contributed by atoms with Crippen LogP contribution in [-0.4, -0.2) is 23.4 Å². The molecule has 0 fully saturated rings. The Bertz CT molecular complexity index is 675. The van der Waals surface area contributed by atoms with Crippen LogP contribution in [0.1, 0.15) is 38.4 Å². The summed E-state index contributed by atoms with van der Waals surface area (Å²) in [6.07, 6.45) is 1.50. The van der Waals surface area contributed by atoms with Crippen LogP contribution < -0.4 is 16.0 Å². The second-order valence-corrected chi connectivity index (χ2v) is 6.45. The van der Waals surface area contributed by atoms with Gasteiger partial charge in [0.15, 0.2) is 0 Å². The zero-order chi connectivity index (χ0) is 16.3. The molecule has 2 rings (SSSR count). The average Bonchev–Trinajstić information content (AvgIpc) is 2.82. The maximum Gasteiger partial charge on any atom is 0.274 e. The summed E-state index contributed by atoms with van der Waals surface area (Å²) >= 11 is 0. The highest BCUT2D eigenvalue weighted by Gasteiger charge is 2.24. The van der Waals surface area contributed by atoms with Crippen molar-refractivity contribution in [3.8, 4) is 11.4 Å². The van der Waals surface area contributed by atoms with E-state index in [-0.39, 0.29) is 11.0 Å². The van der Waals surface area contributed by atoms with E-state index < -0.39 is 0 Å². The first-order chi connectivity index (χ1) is 10.4. The smallest absolute Gasteiger partial charge is 0.274 e. The highest BCUT2D eigenvalue weighted by Crippen LogP contribution is 2.24. The Hall–Kier alpha value is -2.01. The van der Waals surface area contributed by atoms with Crippen molar-refractivity contribution in [1.82, 2.24) is 9.78 Å². The normalized spacial score (nSPS) is 11.7. The van der Waals surface area contributed by atoms with Gasteiger partial charge in [-0.15, -0.1) is 0 Å². The Labute approximate surface area is 131 Å². The Morgan fingerprint density at radius 1 is 1.23 bits per heavy atom. The van der Waals surface area contributed by atoms with Crippen LogP contribution in [-0.2, 0) is 11.8 Å². The second kappa shape index (κ2) is 6.40. The number of methoxy groups -OCH3 is 1. The van der Waals surface area contributed by atoms with E-state index in [9.17, 15) is 4.79 Å². The van der Waals surface area contributed by atoms with E-state index in [2.05, 4.69) is 25.9 Å². The number of ether oxygens (including phenoxy) is 1. The lowest BCUT2D eigenvalue weighted by molar-refractivity contribution is 0.414. The highest BCUT2D eigenvalue weighted by molar-refractivity contribution is 5.38. The molecule has 1 heterocycles. The molecule has 1 aromatic heterocycles. The topological polar surface area (TPSA) is 73.0 Å². The van der Waals surface area contributed by atoms with Crippen LogP contribution in [0.15, 0.2) is 29.1 Å². The number of hydrogen-bond donors (Lipinski definition) is 2.